The molecule has 2 fully saturated rings. The first-order valence-corrected chi connectivity index (χ1v) is 8.43. The molecule has 5 nitrogen and oxygen atoms in total. The van der Waals surface area contributed by atoms with Crippen molar-refractivity contribution in [3.8, 4) is 0 Å². The van der Waals surface area contributed by atoms with Crippen LogP contribution in [0.2, 0.25) is 0 Å². The maximum Gasteiger partial charge on any atom is 0.233 e. The number of hydrogen-bond acceptors (Lipinski definition) is 3. The molecule has 5 heteroatoms. The number of benzene rings is 1. The molecule has 2 heterocycles. The predicted molar refractivity (Wildman–Crippen MR) is 87.0 cm³/mol. The zero-order valence-corrected chi connectivity index (χ0v) is 13.5. The number of carbonyl (C=O) groups excluding carboxylic acids is 1. The Balaban J connectivity index is 1.53. The molecule has 120 valence electrons. The molecule has 0 bridgehead atoms. The van der Waals surface area contributed by atoms with Crippen LogP contribution in [0, 0.1) is 6.92 Å². The summed E-state index contributed by atoms with van der Waals surface area (Å²) in [7, 11) is 0. The Morgan fingerprint density at radius 3 is 2.74 bits per heavy atom. The van der Waals surface area contributed by atoms with Gasteiger partial charge in [0.1, 0.15) is 5.82 Å². The van der Waals surface area contributed by atoms with Crippen LogP contribution in [0.15, 0.2) is 30.3 Å². The number of H-pyrrole nitrogens is 1. The lowest BCUT2D eigenvalue weighted by molar-refractivity contribution is -0.135. The number of aromatic amines is 1. The van der Waals surface area contributed by atoms with Crippen molar-refractivity contribution in [1.82, 2.24) is 20.1 Å². The van der Waals surface area contributed by atoms with E-state index in [2.05, 4.69) is 27.3 Å². The summed E-state index contributed by atoms with van der Waals surface area (Å²) in [4.78, 5) is 19.6. The summed E-state index contributed by atoms with van der Waals surface area (Å²) in [6, 6.07) is 10.2. The van der Waals surface area contributed by atoms with Gasteiger partial charge in [0.2, 0.25) is 5.91 Å². The summed E-state index contributed by atoms with van der Waals surface area (Å²) in [5.41, 5.74) is 0.902. The molecule has 1 aromatic carbocycles. The van der Waals surface area contributed by atoms with Crippen molar-refractivity contribution in [2.24, 2.45) is 0 Å². The van der Waals surface area contributed by atoms with Gasteiger partial charge in [-0.05, 0) is 38.2 Å². The Bertz CT molecular complexity index is 705. The molecule has 1 aliphatic carbocycles. The first kappa shape index (κ1) is 14.4. The van der Waals surface area contributed by atoms with Gasteiger partial charge in [-0.25, -0.2) is 4.98 Å². The SMILES string of the molecule is Cc1nc([C@@H]2CCCN(C(=O)C3(c4ccccc4)CC3)C2)n[nH]1. The molecule has 1 aliphatic heterocycles. The van der Waals surface area contributed by atoms with Gasteiger partial charge < -0.3 is 4.90 Å². The molecule has 1 atom stereocenters. The third-order valence-electron chi connectivity index (χ3n) is 5.17. The fraction of sp³-hybridized carbons (Fsp3) is 0.500. The summed E-state index contributed by atoms with van der Waals surface area (Å²) in [6.45, 7) is 3.51. The van der Waals surface area contributed by atoms with Crippen LogP contribution in [0.4, 0.5) is 0 Å². The molecule has 2 aromatic rings. The molecule has 1 saturated carbocycles. The minimum Gasteiger partial charge on any atom is -0.341 e. The molecule has 0 unspecified atom stereocenters. The van der Waals surface area contributed by atoms with Gasteiger partial charge in [-0.15, -0.1) is 0 Å². The van der Waals surface area contributed by atoms with Gasteiger partial charge in [0.05, 0.1) is 5.41 Å². The third kappa shape index (κ3) is 2.54. The second-order valence-electron chi connectivity index (χ2n) is 6.82. The Morgan fingerprint density at radius 2 is 2.09 bits per heavy atom. The number of piperidine rings is 1. The fourth-order valence-electron chi connectivity index (χ4n) is 3.73. The van der Waals surface area contributed by atoms with Crippen molar-refractivity contribution in [3.05, 3.63) is 47.5 Å². The van der Waals surface area contributed by atoms with Crippen molar-refractivity contribution in [3.63, 3.8) is 0 Å². The van der Waals surface area contributed by atoms with Crippen LogP contribution < -0.4 is 0 Å². The molecular formula is C18H22N4O. The number of carbonyl (C=O) groups is 1. The van der Waals surface area contributed by atoms with Crippen molar-refractivity contribution in [2.75, 3.05) is 13.1 Å². The van der Waals surface area contributed by atoms with E-state index in [1.807, 2.05) is 30.0 Å². The van der Waals surface area contributed by atoms with E-state index in [0.29, 0.717) is 5.91 Å². The first-order valence-electron chi connectivity index (χ1n) is 8.43. The van der Waals surface area contributed by atoms with Crippen molar-refractivity contribution >= 4 is 5.91 Å². The van der Waals surface area contributed by atoms with E-state index in [4.69, 9.17) is 0 Å². The predicted octanol–water partition coefficient (Wildman–Crippen LogP) is 2.55. The first-order chi connectivity index (χ1) is 11.2. The lowest BCUT2D eigenvalue weighted by Gasteiger charge is -2.34. The van der Waals surface area contributed by atoms with Crippen LogP contribution in [-0.4, -0.2) is 39.1 Å². The Kier molecular flexibility index (Phi) is 3.43. The molecule has 2 aliphatic rings. The van der Waals surface area contributed by atoms with Crippen LogP contribution in [0.1, 0.15) is 48.8 Å². The second kappa shape index (κ2) is 5.48. The van der Waals surface area contributed by atoms with Gasteiger partial charge in [0, 0.05) is 19.0 Å². The molecule has 1 N–H and O–H groups in total. The van der Waals surface area contributed by atoms with Crippen LogP contribution >= 0.6 is 0 Å². The van der Waals surface area contributed by atoms with Crippen LogP contribution in [0.3, 0.4) is 0 Å². The van der Waals surface area contributed by atoms with E-state index >= 15 is 0 Å². The van der Waals surface area contributed by atoms with E-state index in [0.717, 1.165) is 50.4 Å². The van der Waals surface area contributed by atoms with Crippen molar-refractivity contribution < 1.29 is 4.79 Å². The summed E-state index contributed by atoms with van der Waals surface area (Å²) in [5.74, 6) is 2.24. The zero-order chi connectivity index (χ0) is 15.9. The number of hydrogen-bond donors (Lipinski definition) is 1. The highest BCUT2D eigenvalue weighted by molar-refractivity contribution is 5.91. The molecule has 1 aromatic heterocycles. The van der Waals surface area contributed by atoms with Gasteiger partial charge in [0.25, 0.3) is 0 Å². The van der Waals surface area contributed by atoms with Gasteiger partial charge >= 0.3 is 0 Å². The highest BCUT2D eigenvalue weighted by Gasteiger charge is 2.53. The smallest absolute Gasteiger partial charge is 0.233 e. The van der Waals surface area contributed by atoms with Gasteiger partial charge in [0.15, 0.2) is 5.82 Å². The number of aryl methyl sites for hydroxylation is 1. The maximum absolute atomic E-state index is 13.1. The van der Waals surface area contributed by atoms with E-state index in [1.165, 1.54) is 5.56 Å². The van der Waals surface area contributed by atoms with Crippen LogP contribution in [-0.2, 0) is 10.2 Å². The quantitative estimate of drug-likeness (QED) is 0.947. The number of rotatable bonds is 3. The normalized spacial score (nSPS) is 22.8. The Morgan fingerprint density at radius 1 is 1.30 bits per heavy atom. The topological polar surface area (TPSA) is 61.9 Å². The highest BCUT2D eigenvalue weighted by Crippen LogP contribution is 2.50. The van der Waals surface area contributed by atoms with Gasteiger partial charge in [-0.2, -0.15) is 5.10 Å². The largest absolute Gasteiger partial charge is 0.341 e. The van der Waals surface area contributed by atoms with Gasteiger partial charge in [-0.3, -0.25) is 9.89 Å². The molecule has 0 spiro atoms. The average molecular weight is 310 g/mol. The average Bonchev–Trinajstić information content (AvgIpc) is 3.30. The van der Waals surface area contributed by atoms with Crippen molar-refractivity contribution in [1.29, 1.82) is 0 Å². The summed E-state index contributed by atoms with van der Waals surface area (Å²) < 4.78 is 0. The van der Waals surface area contributed by atoms with Crippen LogP contribution in [0.25, 0.3) is 0 Å². The molecule has 1 amide bonds. The number of likely N-dealkylation sites (tertiary alicyclic amines) is 1. The zero-order valence-electron chi connectivity index (χ0n) is 13.5. The minimum absolute atomic E-state index is 0.254. The highest BCUT2D eigenvalue weighted by atomic mass is 16.2. The number of amides is 1. The van der Waals surface area contributed by atoms with E-state index in [9.17, 15) is 4.79 Å². The Labute approximate surface area is 136 Å². The van der Waals surface area contributed by atoms with Crippen molar-refractivity contribution in [2.45, 2.75) is 43.9 Å². The fourth-order valence-corrected chi connectivity index (χ4v) is 3.73. The second-order valence-corrected chi connectivity index (χ2v) is 6.82. The molecule has 1 saturated heterocycles. The molecular weight excluding hydrogens is 288 g/mol. The van der Waals surface area contributed by atoms with E-state index in [-0.39, 0.29) is 11.3 Å². The summed E-state index contributed by atoms with van der Waals surface area (Å²) in [6.07, 6.45) is 4.02. The number of nitrogens with one attached hydrogen (secondary N) is 1. The third-order valence-corrected chi connectivity index (χ3v) is 5.17. The molecule has 23 heavy (non-hydrogen) atoms. The monoisotopic (exact) mass is 310 g/mol. The van der Waals surface area contributed by atoms with Crippen LogP contribution in [0.5, 0.6) is 0 Å². The Hall–Kier alpha value is -2.17. The number of aromatic nitrogens is 3. The summed E-state index contributed by atoms with van der Waals surface area (Å²) in [5, 5.41) is 7.21. The van der Waals surface area contributed by atoms with E-state index in [1.54, 1.807) is 0 Å². The summed E-state index contributed by atoms with van der Waals surface area (Å²) >= 11 is 0. The minimum atomic E-state index is -0.266. The molecule has 0 radical (unpaired) electrons. The lowest BCUT2D eigenvalue weighted by atomic mass is 9.91. The molecule has 4 rings (SSSR count). The standard InChI is InChI=1S/C18H22N4O/c1-13-19-16(21-20-13)14-6-5-11-22(12-14)17(23)18(9-10-18)15-7-3-2-4-8-15/h2-4,7-8,14H,5-6,9-12H2,1H3,(H,19,20,21)/t14-/m1/s1. The maximum atomic E-state index is 13.1. The lowest BCUT2D eigenvalue weighted by Crippen LogP contribution is -2.44. The number of nitrogens with zero attached hydrogens (tertiary/aromatic N) is 3. The van der Waals surface area contributed by atoms with E-state index < -0.39 is 0 Å². The van der Waals surface area contributed by atoms with Gasteiger partial charge in [-0.1, -0.05) is 30.3 Å².